The highest BCUT2D eigenvalue weighted by Gasteiger charge is 2.27. The molecule has 0 aliphatic carbocycles. The normalized spacial score (nSPS) is 18.4. The smallest absolute Gasteiger partial charge is 0.271 e. The zero-order chi connectivity index (χ0) is 14.3. The van der Waals surface area contributed by atoms with Gasteiger partial charge >= 0.3 is 0 Å². The Kier molecular flexibility index (Phi) is 2.86. The van der Waals surface area contributed by atoms with E-state index in [1.165, 1.54) is 12.1 Å². The molecule has 0 atom stereocenters. The lowest BCUT2D eigenvalue weighted by atomic mass is 10.0. The molecular weight excluding hydrogens is 258 g/mol. The van der Waals surface area contributed by atoms with Gasteiger partial charge in [-0.2, -0.15) is 0 Å². The van der Waals surface area contributed by atoms with E-state index in [4.69, 9.17) is 0 Å². The van der Waals surface area contributed by atoms with Gasteiger partial charge < -0.3 is 15.2 Å². The molecule has 0 radical (unpaired) electrons. The van der Waals surface area contributed by atoms with Gasteiger partial charge in [0.05, 0.1) is 16.0 Å². The highest BCUT2D eigenvalue weighted by atomic mass is 16.6. The maximum absolute atomic E-state index is 10.8. The Morgan fingerprint density at radius 2 is 2.25 bits per heavy atom. The molecule has 1 aromatic heterocycles. The number of rotatable bonds is 2. The topological polar surface area (TPSA) is 87.1 Å². The molecule has 2 aromatic rings. The van der Waals surface area contributed by atoms with E-state index < -0.39 is 4.92 Å². The van der Waals surface area contributed by atoms with Crippen LogP contribution in [-0.4, -0.2) is 40.1 Å². The molecule has 2 heterocycles. The third-order valence-electron chi connectivity index (χ3n) is 3.53. The number of fused-ring (bicyclic) bond motifs is 1. The van der Waals surface area contributed by atoms with Crippen molar-refractivity contribution >= 4 is 22.7 Å². The summed E-state index contributed by atoms with van der Waals surface area (Å²) in [6.07, 6.45) is 0. The number of nitrogens with one attached hydrogen (secondary N) is 2. The van der Waals surface area contributed by atoms with Crippen molar-refractivity contribution in [1.29, 1.82) is 0 Å². The first-order chi connectivity index (χ1) is 9.44. The van der Waals surface area contributed by atoms with Crippen LogP contribution in [0.1, 0.15) is 13.8 Å². The highest BCUT2D eigenvalue weighted by Crippen LogP contribution is 2.23. The molecule has 106 valence electrons. The van der Waals surface area contributed by atoms with Gasteiger partial charge in [0.15, 0.2) is 0 Å². The van der Waals surface area contributed by atoms with Crippen molar-refractivity contribution < 1.29 is 4.92 Å². The van der Waals surface area contributed by atoms with E-state index in [1.54, 1.807) is 6.07 Å². The quantitative estimate of drug-likeness (QED) is 0.643. The molecule has 7 nitrogen and oxygen atoms in total. The molecule has 7 heteroatoms. The van der Waals surface area contributed by atoms with Crippen LogP contribution >= 0.6 is 0 Å². The summed E-state index contributed by atoms with van der Waals surface area (Å²) in [5.41, 5.74) is 1.56. The van der Waals surface area contributed by atoms with Gasteiger partial charge in [-0.3, -0.25) is 10.1 Å². The van der Waals surface area contributed by atoms with Crippen LogP contribution in [0.25, 0.3) is 11.0 Å². The number of nitrogens with zero attached hydrogens (tertiary/aromatic N) is 3. The summed E-state index contributed by atoms with van der Waals surface area (Å²) in [5, 5.41) is 14.2. The molecule has 1 aromatic carbocycles. The Hall–Kier alpha value is -2.15. The van der Waals surface area contributed by atoms with Crippen molar-refractivity contribution in [2.45, 2.75) is 19.4 Å². The number of aromatic nitrogens is 2. The lowest BCUT2D eigenvalue weighted by Gasteiger charge is -2.38. The van der Waals surface area contributed by atoms with E-state index in [0.29, 0.717) is 5.52 Å². The molecule has 0 unspecified atom stereocenters. The highest BCUT2D eigenvalue weighted by molar-refractivity contribution is 5.80. The fourth-order valence-corrected chi connectivity index (χ4v) is 2.57. The van der Waals surface area contributed by atoms with Crippen molar-refractivity contribution in [2.75, 3.05) is 24.5 Å². The van der Waals surface area contributed by atoms with Crippen molar-refractivity contribution in [3.8, 4) is 0 Å². The number of non-ortho nitro benzene ring substituents is 1. The fraction of sp³-hybridized carbons (Fsp3) is 0.462. The summed E-state index contributed by atoms with van der Waals surface area (Å²) in [4.78, 5) is 20.3. The maximum Gasteiger partial charge on any atom is 0.271 e. The summed E-state index contributed by atoms with van der Waals surface area (Å²) in [5.74, 6) is 0.773. The SMILES string of the molecule is CC1(C)CN(c2nc3ccc([N+](=O)[O-])cc3[nH]2)CCN1. The summed E-state index contributed by atoms with van der Waals surface area (Å²) in [7, 11) is 0. The van der Waals surface area contributed by atoms with Crippen LogP contribution in [0.4, 0.5) is 11.6 Å². The number of benzene rings is 1. The summed E-state index contributed by atoms with van der Waals surface area (Å²) < 4.78 is 0. The molecule has 1 aliphatic rings. The second-order valence-electron chi connectivity index (χ2n) is 5.75. The molecule has 2 N–H and O–H groups in total. The Morgan fingerprint density at radius 1 is 1.45 bits per heavy atom. The molecular formula is C13H17N5O2. The van der Waals surface area contributed by atoms with E-state index in [-0.39, 0.29) is 11.2 Å². The number of hydrogen-bond acceptors (Lipinski definition) is 5. The Balaban J connectivity index is 1.94. The zero-order valence-electron chi connectivity index (χ0n) is 11.5. The first-order valence-electron chi connectivity index (χ1n) is 6.59. The van der Waals surface area contributed by atoms with Gasteiger partial charge in [-0.1, -0.05) is 0 Å². The molecule has 20 heavy (non-hydrogen) atoms. The number of piperazine rings is 1. The number of nitro groups is 1. The maximum atomic E-state index is 10.8. The van der Waals surface area contributed by atoms with E-state index in [0.717, 1.165) is 31.1 Å². The standard InChI is InChI=1S/C13H17N5O2/c1-13(2)8-17(6-5-14-13)12-15-10-4-3-9(18(19)20)7-11(10)16-12/h3-4,7,14H,5-6,8H2,1-2H3,(H,15,16). The average molecular weight is 275 g/mol. The van der Waals surface area contributed by atoms with E-state index >= 15 is 0 Å². The lowest BCUT2D eigenvalue weighted by Crippen LogP contribution is -2.57. The predicted molar refractivity (Wildman–Crippen MR) is 77.0 cm³/mol. The lowest BCUT2D eigenvalue weighted by molar-refractivity contribution is -0.384. The molecule has 1 saturated heterocycles. The summed E-state index contributed by atoms with van der Waals surface area (Å²) in [6, 6.07) is 4.69. The average Bonchev–Trinajstić information content (AvgIpc) is 2.80. The van der Waals surface area contributed by atoms with Crippen LogP contribution in [-0.2, 0) is 0 Å². The molecule has 0 saturated carbocycles. The van der Waals surface area contributed by atoms with Gasteiger partial charge in [-0.05, 0) is 19.9 Å². The van der Waals surface area contributed by atoms with Crippen LogP contribution in [0.15, 0.2) is 18.2 Å². The van der Waals surface area contributed by atoms with E-state index in [1.807, 2.05) is 0 Å². The number of nitro benzene ring substituents is 1. The number of anilines is 1. The predicted octanol–water partition coefficient (Wildman–Crippen LogP) is 1.66. The second kappa shape index (κ2) is 4.45. The first-order valence-corrected chi connectivity index (χ1v) is 6.59. The minimum absolute atomic E-state index is 0.0310. The number of aromatic amines is 1. The van der Waals surface area contributed by atoms with Gasteiger partial charge in [-0.25, -0.2) is 4.98 Å². The van der Waals surface area contributed by atoms with Crippen LogP contribution in [0.3, 0.4) is 0 Å². The molecule has 0 bridgehead atoms. The van der Waals surface area contributed by atoms with Gasteiger partial charge in [0, 0.05) is 37.3 Å². The van der Waals surface area contributed by atoms with Crippen molar-refractivity contribution in [3.05, 3.63) is 28.3 Å². The Bertz CT molecular complexity index is 664. The zero-order valence-corrected chi connectivity index (χ0v) is 11.5. The van der Waals surface area contributed by atoms with Crippen LogP contribution < -0.4 is 10.2 Å². The monoisotopic (exact) mass is 275 g/mol. The molecule has 1 aliphatic heterocycles. The summed E-state index contributed by atoms with van der Waals surface area (Å²) >= 11 is 0. The van der Waals surface area contributed by atoms with Crippen LogP contribution in [0.5, 0.6) is 0 Å². The largest absolute Gasteiger partial charge is 0.339 e. The van der Waals surface area contributed by atoms with Crippen molar-refractivity contribution in [3.63, 3.8) is 0 Å². The van der Waals surface area contributed by atoms with Gasteiger partial charge in [0.25, 0.3) is 5.69 Å². The van der Waals surface area contributed by atoms with Gasteiger partial charge in [0.2, 0.25) is 5.95 Å². The number of hydrogen-bond donors (Lipinski definition) is 2. The number of imidazole rings is 1. The van der Waals surface area contributed by atoms with E-state index in [9.17, 15) is 10.1 Å². The van der Waals surface area contributed by atoms with Crippen molar-refractivity contribution in [1.82, 2.24) is 15.3 Å². The minimum atomic E-state index is -0.395. The second-order valence-corrected chi connectivity index (χ2v) is 5.75. The first kappa shape index (κ1) is 12.9. The molecule has 1 fully saturated rings. The van der Waals surface area contributed by atoms with E-state index in [2.05, 4.69) is 34.0 Å². The van der Waals surface area contributed by atoms with Gasteiger partial charge in [0.1, 0.15) is 0 Å². The Morgan fingerprint density at radius 3 is 2.95 bits per heavy atom. The Labute approximate surface area is 116 Å². The molecule has 3 rings (SSSR count). The molecule has 0 spiro atoms. The van der Waals surface area contributed by atoms with Crippen molar-refractivity contribution in [2.24, 2.45) is 0 Å². The minimum Gasteiger partial charge on any atom is -0.339 e. The van der Waals surface area contributed by atoms with Crippen LogP contribution in [0, 0.1) is 10.1 Å². The van der Waals surface area contributed by atoms with Crippen LogP contribution in [0.2, 0.25) is 0 Å². The fourth-order valence-electron chi connectivity index (χ4n) is 2.57. The van der Waals surface area contributed by atoms with Gasteiger partial charge in [-0.15, -0.1) is 0 Å². The third-order valence-corrected chi connectivity index (χ3v) is 3.53. The molecule has 0 amide bonds. The summed E-state index contributed by atoms with van der Waals surface area (Å²) in [6.45, 7) is 6.89. The number of H-pyrrole nitrogens is 1. The third kappa shape index (κ3) is 2.32.